The first-order valence-electron chi connectivity index (χ1n) is 4.19. The Morgan fingerprint density at radius 1 is 1.46 bits per heavy atom. The number of nitrogens with zero attached hydrogens (tertiary/aromatic N) is 2. The first kappa shape index (κ1) is 8.69. The predicted octanol–water partition coefficient (Wildman–Crippen LogP) is 1.97. The van der Waals surface area contributed by atoms with Gasteiger partial charge in [-0.2, -0.15) is 0 Å². The summed E-state index contributed by atoms with van der Waals surface area (Å²) in [6, 6.07) is 3.75. The highest BCUT2D eigenvalue weighted by Gasteiger charge is 2.22. The van der Waals surface area contributed by atoms with E-state index in [1.165, 1.54) is 0 Å². The molecule has 1 aromatic heterocycles. The first-order chi connectivity index (χ1) is 6.27. The molecule has 1 aliphatic heterocycles. The predicted molar refractivity (Wildman–Crippen MR) is 53.5 cm³/mol. The molecule has 3 nitrogen and oxygen atoms in total. The van der Waals surface area contributed by atoms with E-state index in [0.717, 1.165) is 23.3 Å². The van der Waals surface area contributed by atoms with Crippen molar-refractivity contribution in [3.8, 4) is 0 Å². The van der Waals surface area contributed by atoms with E-state index in [2.05, 4.69) is 20.9 Å². The summed E-state index contributed by atoms with van der Waals surface area (Å²) < 4.78 is 0.933. The fourth-order valence-electron chi connectivity index (χ4n) is 1.42. The van der Waals surface area contributed by atoms with Gasteiger partial charge in [0, 0.05) is 23.6 Å². The largest absolute Gasteiger partial charge is 0.297 e. The Bertz CT molecular complexity index is 323. The van der Waals surface area contributed by atoms with E-state index < -0.39 is 0 Å². The van der Waals surface area contributed by atoms with Gasteiger partial charge in [0.05, 0.1) is 0 Å². The first-order valence-corrected chi connectivity index (χ1v) is 4.98. The number of carbonyl (C=O) groups excluding carboxylic acids is 1. The second kappa shape index (κ2) is 3.46. The molecular weight excluding hydrogens is 232 g/mol. The Morgan fingerprint density at radius 3 is 2.85 bits per heavy atom. The Kier molecular flexibility index (Phi) is 2.31. The minimum atomic E-state index is 0.176. The van der Waals surface area contributed by atoms with Crippen molar-refractivity contribution < 1.29 is 4.79 Å². The number of hydrogen-bond donors (Lipinski definition) is 0. The summed E-state index contributed by atoms with van der Waals surface area (Å²) in [6.45, 7) is 0.799. The molecule has 1 aromatic rings. The molecule has 1 fully saturated rings. The van der Waals surface area contributed by atoms with E-state index in [0.29, 0.717) is 6.42 Å². The molecular formula is C9H9BrN2O. The summed E-state index contributed by atoms with van der Waals surface area (Å²) in [5.41, 5.74) is 0. The van der Waals surface area contributed by atoms with Crippen LogP contribution in [0.25, 0.3) is 0 Å². The fraction of sp³-hybridized carbons (Fsp3) is 0.333. The van der Waals surface area contributed by atoms with E-state index in [4.69, 9.17) is 0 Å². The van der Waals surface area contributed by atoms with Gasteiger partial charge < -0.3 is 0 Å². The molecule has 0 unspecified atom stereocenters. The second-order valence-electron chi connectivity index (χ2n) is 2.98. The van der Waals surface area contributed by atoms with Crippen LogP contribution in [0.1, 0.15) is 12.8 Å². The van der Waals surface area contributed by atoms with Gasteiger partial charge in [0.2, 0.25) is 5.91 Å². The maximum atomic E-state index is 11.3. The van der Waals surface area contributed by atoms with E-state index in [1.54, 1.807) is 11.1 Å². The lowest BCUT2D eigenvalue weighted by Gasteiger charge is -2.13. The molecule has 0 saturated carbocycles. The molecule has 68 valence electrons. The van der Waals surface area contributed by atoms with Crippen molar-refractivity contribution in [2.24, 2.45) is 0 Å². The topological polar surface area (TPSA) is 33.2 Å². The van der Waals surface area contributed by atoms with Crippen molar-refractivity contribution in [1.82, 2.24) is 4.98 Å². The number of amides is 1. The van der Waals surface area contributed by atoms with Gasteiger partial charge in [-0.05, 0) is 34.5 Å². The Labute approximate surface area is 84.9 Å². The second-order valence-corrected chi connectivity index (χ2v) is 3.90. The van der Waals surface area contributed by atoms with Crippen molar-refractivity contribution in [1.29, 1.82) is 0 Å². The Hall–Kier alpha value is -0.900. The SMILES string of the molecule is O=C1CCCN1c1ccc(Br)cn1. The van der Waals surface area contributed by atoms with Crippen molar-refractivity contribution in [2.75, 3.05) is 11.4 Å². The van der Waals surface area contributed by atoms with Crippen LogP contribution in [0, 0.1) is 0 Å². The molecule has 1 aliphatic rings. The molecule has 0 spiro atoms. The summed E-state index contributed by atoms with van der Waals surface area (Å²) in [4.78, 5) is 17.2. The zero-order valence-corrected chi connectivity index (χ0v) is 8.62. The zero-order chi connectivity index (χ0) is 9.26. The number of carbonyl (C=O) groups is 1. The van der Waals surface area contributed by atoms with Crippen LogP contribution in [0.15, 0.2) is 22.8 Å². The van der Waals surface area contributed by atoms with E-state index in [-0.39, 0.29) is 5.91 Å². The van der Waals surface area contributed by atoms with Crippen molar-refractivity contribution in [2.45, 2.75) is 12.8 Å². The van der Waals surface area contributed by atoms with Crippen LogP contribution >= 0.6 is 15.9 Å². The van der Waals surface area contributed by atoms with Gasteiger partial charge in [0.1, 0.15) is 5.82 Å². The van der Waals surface area contributed by atoms with Crippen LogP contribution in [-0.4, -0.2) is 17.4 Å². The highest BCUT2D eigenvalue weighted by Crippen LogP contribution is 2.20. The summed E-state index contributed by atoms with van der Waals surface area (Å²) >= 11 is 3.30. The van der Waals surface area contributed by atoms with Gasteiger partial charge in [-0.1, -0.05) is 0 Å². The maximum absolute atomic E-state index is 11.3. The summed E-state index contributed by atoms with van der Waals surface area (Å²) in [7, 11) is 0. The Morgan fingerprint density at radius 2 is 2.31 bits per heavy atom. The monoisotopic (exact) mass is 240 g/mol. The summed E-state index contributed by atoms with van der Waals surface area (Å²) in [5, 5.41) is 0. The molecule has 1 amide bonds. The zero-order valence-electron chi connectivity index (χ0n) is 7.03. The number of aromatic nitrogens is 1. The minimum absolute atomic E-state index is 0.176. The van der Waals surface area contributed by atoms with Crippen LogP contribution in [-0.2, 0) is 4.79 Å². The molecule has 0 aromatic carbocycles. The molecule has 0 radical (unpaired) electrons. The molecule has 2 rings (SSSR count). The van der Waals surface area contributed by atoms with Gasteiger partial charge in [-0.25, -0.2) is 4.98 Å². The fourth-order valence-corrected chi connectivity index (χ4v) is 1.65. The molecule has 0 N–H and O–H groups in total. The minimum Gasteiger partial charge on any atom is -0.297 e. The van der Waals surface area contributed by atoms with Crippen LogP contribution in [0.3, 0.4) is 0 Å². The van der Waals surface area contributed by atoms with Gasteiger partial charge >= 0.3 is 0 Å². The number of rotatable bonds is 1. The molecule has 13 heavy (non-hydrogen) atoms. The van der Waals surface area contributed by atoms with E-state index >= 15 is 0 Å². The molecule has 0 atom stereocenters. The van der Waals surface area contributed by atoms with Crippen molar-refractivity contribution in [3.05, 3.63) is 22.8 Å². The lowest BCUT2D eigenvalue weighted by molar-refractivity contribution is -0.117. The number of hydrogen-bond acceptors (Lipinski definition) is 2. The third kappa shape index (κ3) is 1.72. The third-order valence-electron chi connectivity index (χ3n) is 2.06. The normalized spacial score (nSPS) is 16.7. The maximum Gasteiger partial charge on any atom is 0.228 e. The molecule has 2 heterocycles. The van der Waals surface area contributed by atoms with Crippen LogP contribution in [0.2, 0.25) is 0 Å². The number of halogens is 1. The van der Waals surface area contributed by atoms with Crippen molar-refractivity contribution >= 4 is 27.7 Å². The van der Waals surface area contributed by atoms with Gasteiger partial charge in [-0.3, -0.25) is 9.69 Å². The van der Waals surface area contributed by atoms with Crippen LogP contribution in [0.5, 0.6) is 0 Å². The lowest BCUT2D eigenvalue weighted by atomic mass is 10.4. The van der Waals surface area contributed by atoms with E-state index in [9.17, 15) is 4.79 Å². The van der Waals surface area contributed by atoms with Crippen LogP contribution < -0.4 is 4.90 Å². The molecule has 1 saturated heterocycles. The van der Waals surface area contributed by atoms with E-state index in [1.807, 2.05) is 12.1 Å². The summed E-state index contributed by atoms with van der Waals surface area (Å²) in [6.07, 6.45) is 3.30. The standard InChI is InChI=1S/C9H9BrN2O/c10-7-3-4-8(11-6-7)12-5-1-2-9(12)13/h3-4,6H,1-2,5H2. The molecule has 0 aliphatic carbocycles. The average Bonchev–Trinajstić information content (AvgIpc) is 2.53. The third-order valence-corrected chi connectivity index (χ3v) is 2.53. The number of anilines is 1. The molecule has 0 bridgehead atoms. The van der Waals surface area contributed by atoms with Gasteiger partial charge in [0.15, 0.2) is 0 Å². The molecule has 4 heteroatoms. The number of pyridine rings is 1. The van der Waals surface area contributed by atoms with Gasteiger partial charge in [0.25, 0.3) is 0 Å². The Balaban J connectivity index is 2.25. The van der Waals surface area contributed by atoms with Gasteiger partial charge in [-0.15, -0.1) is 0 Å². The highest BCUT2D eigenvalue weighted by atomic mass is 79.9. The average molecular weight is 241 g/mol. The highest BCUT2D eigenvalue weighted by molar-refractivity contribution is 9.10. The quantitative estimate of drug-likeness (QED) is 0.753. The summed E-state index contributed by atoms with van der Waals surface area (Å²) in [5.74, 6) is 0.931. The van der Waals surface area contributed by atoms with Crippen molar-refractivity contribution in [3.63, 3.8) is 0 Å². The van der Waals surface area contributed by atoms with Crippen LogP contribution in [0.4, 0.5) is 5.82 Å². The smallest absolute Gasteiger partial charge is 0.228 e. The lowest BCUT2D eigenvalue weighted by Crippen LogP contribution is -2.24.